The van der Waals surface area contributed by atoms with Gasteiger partial charge in [0.25, 0.3) is 0 Å². The number of benzene rings is 1. The summed E-state index contributed by atoms with van der Waals surface area (Å²) < 4.78 is 1.28. The highest BCUT2D eigenvalue weighted by Crippen LogP contribution is 2.45. The molecule has 0 saturated carbocycles. The van der Waals surface area contributed by atoms with Crippen LogP contribution in [-0.4, -0.2) is 27.8 Å². The van der Waals surface area contributed by atoms with Gasteiger partial charge < -0.3 is 5.32 Å². The Morgan fingerprint density at radius 2 is 1.86 bits per heavy atom. The van der Waals surface area contributed by atoms with E-state index >= 15 is 0 Å². The van der Waals surface area contributed by atoms with E-state index in [9.17, 15) is 0 Å². The number of anilines is 1. The molecule has 0 bridgehead atoms. The van der Waals surface area contributed by atoms with Gasteiger partial charge in [-0.15, -0.1) is 23.1 Å². The van der Waals surface area contributed by atoms with E-state index in [4.69, 9.17) is 9.97 Å². The third kappa shape index (κ3) is 3.75. The van der Waals surface area contributed by atoms with Gasteiger partial charge >= 0.3 is 0 Å². The van der Waals surface area contributed by atoms with Gasteiger partial charge in [0.1, 0.15) is 4.83 Å². The van der Waals surface area contributed by atoms with Crippen LogP contribution in [-0.2, 0) is 0 Å². The van der Waals surface area contributed by atoms with Gasteiger partial charge in [0.2, 0.25) is 0 Å². The minimum absolute atomic E-state index is 0.716. The lowest BCUT2D eigenvalue weighted by atomic mass is 10.1. The Hall–Kier alpha value is -2.44. The second-order valence-electron chi connectivity index (χ2n) is 6.40. The molecular weight excluding hydrogens is 384 g/mol. The molecule has 0 spiro atoms. The van der Waals surface area contributed by atoms with Gasteiger partial charge in [0.15, 0.2) is 5.82 Å². The summed E-state index contributed by atoms with van der Waals surface area (Å²) in [6, 6.07) is 14.3. The molecule has 0 radical (unpaired) electrons. The molecule has 0 aliphatic carbocycles. The van der Waals surface area contributed by atoms with Crippen molar-refractivity contribution in [3.05, 3.63) is 54.9 Å². The van der Waals surface area contributed by atoms with Crippen LogP contribution in [0.15, 0.2) is 59.1 Å². The van der Waals surface area contributed by atoms with Crippen LogP contribution in [0.5, 0.6) is 0 Å². The van der Waals surface area contributed by atoms with Crippen LogP contribution in [0.25, 0.3) is 32.9 Å². The van der Waals surface area contributed by atoms with E-state index < -0.39 is 0 Å². The normalized spacial score (nSPS) is 11.1. The zero-order valence-electron chi connectivity index (χ0n) is 16.0. The topological polar surface area (TPSA) is 50.7 Å². The third-order valence-electron chi connectivity index (χ3n) is 4.47. The zero-order chi connectivity index (χ0) is 19.3. The molecule has 0 amide bonds. The van der Waals surface area contributed by atoms with Gasteiger partial charge in [0.05, 0.1) is 21.0 Å². The molecule has 0 aliphatic rings. The fourth-order valence-corrected chi connectivity index (χ4v) is 5.65. The van der Waals surface area contributed by atoms with E-state index in [1.54, 1.807) is 17.5 Å². The molecule has 0 unspecified atom stereocenters. The molecule has 142 valence electrons. The van der Waals surface area contributed by atoms with Gasteiger partial charge in [-0.25, -0.2) is 9.97 Å². The largest absolute Gasteiger partial charge is 0.386 e. The number of rotatable bonds is 7. The second kappa shape index (κ2) is 8.71. The number of hydrogen-bond acceptors (Lipinski definition) is 6. The fourth-order valence-electron chi connectivity index (χ4n) is 3.05. The highest BCUT2D eigenvalue weighted by atomic mass is 32.2. The summed E-state index contributed by atoms with van der Waals surface area (Å²) in [7, 11) is 1.98. The van der Waals surface area contributed by atoms with Crippen molar-refractivity contribution in [1.29, 1.82) is 0 Å². The molecule has 0 aliphatic heterocycles. The number of thiophene rings is 1. The average Bonchev–Trinajstić information content (AvgIpc) is 3.12. The van der Waals surface area contributed by atoms with Crippen LogP contribution in [0.2, 0.25) is 0 Å². The summed E-state index contributed by atoms with van der Waals surface area (Å²) in [6.07, 6.45) is 6.00. The first-order chi connectivity index (χ1) is 13.8. The van der Waals surface area contributed by atoms with Gasteiger partial charge in [0, 0.05) is 30.6 Å². The van der Waals surface area contributed by atoms with Gasteiger partial charge in [-0.2, -0.15) is 0 Å². The molecule has 1 aromatic carbocycles. The number of thioether (sulfide) groups is 1. The second-order valence-corrected chi connectivity index (χ2v) is 8.76. The third-order valence-corrected chi connectivity index (χ3v) is 6.91. The number of fused-ring (bicyclic) bond motifs is 1. The number of unbranched alkanes of at least 4 members (excludes halogenated alkanes) is 1. The summed E-state index contributed by atoms with van der Waals surface area (Å²) in [6.45, 7) is 2.23. The molecule has 4 nitrogen and oxygen atoms in total. The van der Waals surface area contributed by atoms with Crippen LogP contribution in [0, 0.1) is 0 Å². The van der Waals surface area contributed by atoms with Crippen molar-refractivity contribution in [2.75, 3.05) is 18.1 Å². The quantitative estimate of drug-likeness (QED) is 0.286. The predicted octanol–water partition coefficient (Wildman–Crippen LogP) is 6.35. The summed E-state index contributed by atoms with van der Waals surface area (Å²) in [5.74, 6) is 1.83. The zero-order valence-corrected chi connectivity index (χ0v) is 17.6. The van der Waals surface area contributed by atoms with Crippen molar-refractivity contribution < 1.29 is 0 Å². The molecule has 0 fully saturated rings. The lowest BCUT2D eigenvalue weighted by molar-refractivity contribution is 0.897. The standard InChI is InChI=1S/C22H22N4S2/c1-3-4-13-27-22-19(23-2)17-18(15-9-6-5-7-10-15)25-20(26-21(17)28-22)16-11-8-12-24-14-16/h5-12,14,23H,3-4,13H2,1-2H3. The maximum Gasteiger partial charge on any atom is 0.162 e. The SMILES string of the molecule is CCCCSc1sc2nc(-c3cccnc3)nc(-c3ccccc3)c2c1NC. The van der Waals surface area contributed by atoms with E-state index in [2.05, 4.69) is 41.5 Å². The Bertz CT molecular complexity index is 1060. The van der Waals surface area contributed by atoms with Crippen LogP contribution in [0.3, 0.4) is 0 Å². The molecule has 3 aromatic heterocycles. The average molecular weight is 407 g/mol. The first kappa shape index (κ1) is 18.9. The van der Waals surface area contributed by atoms with E-state index in [1.807, 2.05) is 43.2 Å². The van der Waals surface area contributed by atoms with Crippen LogP contribution >= 0.6 is 23.1 Å². The molecule has 6 heteroatoms. The van der Waals surface area contributed by atoms with Gasteiger partial charge in [-0.1, -0.05) is 43.7 Å². The first-order valence-electron chi connectivity index (χ1n) is 9.42. The van der Waals surface area contributed by atoms with E-state index in [-0.39, 0.29) is 0 Å². The smallest absolute Gasteiger partial charge is 0.162 e. The molecule has 3 heterocycles. The molecular formula is C22H22N4S2. The Morgan fingerprint density at radius 3 is 2.57 bits per heavy atom. The number of pyridine rings is 1. The van der Waals surface area contributed by atoms with E-state index in [1.165, 1.54) is 17.1 Å². The molecule has 28 heavy (non-hydrogen) atoms. The van der Waals surface area contributed by atoms with Crippen molar-refractivity contribution in [3.63, 3.8) is 0 Å². The van der Waals surface area contributed by atoms with Crippen LogP contribution < -0.4 is 5.32 Å². The maximum atomic E-state index is 4.97. The maximum absolute atomic E-state index is 4.97. The molecule has 4 aromatic rings. The summed E-state index contributed by atoms with van der Waals surface area (Å²) >= 11 is 3.65. The van der Waals surface area contributed by atoms with Crippen molar-refractivity contribution in [3.8, 4) is 22.6 Å². The van der Waals surface area contributed by atoms with Crippen LogP contribution in [0.4, 0.5) is 5.69 Å². The molecule has 0 saturated heterocycles. The van der Waals surface area contributed by atoms with Crippen molar-refractivity contribution in [2.24, 2.45) is 0 Å². The van der Waals surface area contributed by atoms with Crippen molar-refractivity contribution >= 4 is 39.0 Å². The Balaban J connectivity index is 1.94. The van der Waals surface area contributed by atoms with Gasteiger partial charge in [-0.05, 0) is 24.3 Å². The Morgan fingerprint density at radius 1 is 1.04 bits per heavy atom. The highest BCUT2D eigenvalue weighted by molar-refractivity contribution is 8.01. The van der Waals surface area contributed by atoms with Crippen LogP contribution in [0.1, 0.15) is 19.8 Å². The Kier molecular flexibility index (Phi) is 5.88. The summed E-state index contributed by atoms with van der Waals surface area (Å²) in [5.41, 5.74) is 4.13. The summed E-state index contributed by atoms with van der Waals surface area (Å²) in [5, 5.41) is 4.51. The molecule has 1 N–H and O–H groups in total. The number of hydrogen-bond donors (Lipinski definition) is 1. The highest BCUT2D eigenvalue weighted by Gasteiger charge is 2.20. The van der Waals surface area contributed by atoms with E-state index in [0.29, 0.717) is 5.82 Å². The number of nitrogens with one attached hydrogen (secondary N) is 1. The first-order valence-corrected chi connectivity index (χ1v) is 11.2. The van der Waals surface area contributed by atoms with E-state index in [0.717, 1.165) is 38.5 Å². The lowest BCUT2D eigenvalue weighted by Crippen LogP contribution is -1.96. The monoisotopic (exact) mass is 406 g/mol. The lowest BCUT2D eigenvalue weighted by Gasteiger charge is -2.09. The number of aromatic nitrogens is 3. The van der Waals surface area contributed by atoms with Crippen molar-refractivity contribution in [1.82, 2.24) is 15.0 Å². The minimum Gasteiger partial charge on any atom is -0.386 e. The minimum atomic E-state index is 0.716. The van der Waals surface area contributed by atoms with Gasteiger partial charge in [-0.3, -0.25) is 4.98 Å². The molecule has 0 atom stereocenters. The van der Waals surface area contributed by atoms with Crippen molar-refractivity contribution in [2.45, 2.75) is 24.0 Å². The Labute approximate surface area is 173 Å². The fraction of sp³-hybridized carbons (Fsp3) is 0.227. The predicted molar refractivity (Wildman–Crippen MR) is 121 cm³/mol. The number of nitrogens with zero attached hydrogens (tertiary/aromatic N) is 3. The molecule has 4 rings (SSSR count). The summed E-state index contributed by atoms with van der Waals surface area (Å²) in [4.78, 5) is 15.1.